The highest BCUT2D eigenvalue weighted by Crippen LogP contribution is 2.23. The summed E-state index contributed by atoms with van der Waals surface area (Å²) in [6.07, 6.45) is 8.02. The molecule has 126 valence electrons. The minimum atomic E-state index is -0.822. The van der Waals surface area contributed by atoms with E-state index in [4.69, 9.17) is 0 Å². The third-order valence-electron chi connectivity index (χ3n) is 4.41. The van der Waals surface area contributed by atoms with E-state index in [9.17, 15) is 13.6 Å². The van der Waals surface area contributed by atoms with E-state index in [1.165, 1.54) is 24.7 Å². The first-order chi connectivity index (χ1) is 11.6. The van der Waals surface area contributed by atoms with Crippen LogP contribution < -0.4 is 0 Å². The molecule has 1 saturated heterocycles. The summed E-state index contributed by atoms with van der Waals surface area (Å²) in [5, 5.41) is 0. The lowest BCUT2D eigenvalue weighted by atomic mass is 9.91. The third-order valence-corrected chi connectivity index (χ3v) is 4.41. The number of hydrogen-bond donors (Lipinski definition) is 0. The second-order valence-corrected chi connectivity index (χ2v) is 6.14. The molecule has 0 bridgehead atoms. The summed E-state index contributed by atoms with van der Waals surface area (Å²) in [5.41, 5.74) is 1.14. The molecule has 1 amide bonds. The van der Waals surface area contributed by atoms with Gasteiger partial charge in [0.1, 0.15) is 5.69 Å². The molecule has 6 heteroatoms. The van der Waals surface area contributed by atoms with Crippen LogP contribution in [-0.2, 0) is 6.42 Å². The largest absolute Gasteiger partial charge is 0.337 e. The van der Waals surface area contributed by atoms with Gasteiger partial charge in [-0.25, -0.2) is 13.8 Å². The Kier molecular flexibility index (Phi) is 5.13. The maximum absolute atomic E-state index is 13.3. The van der Waals surface area contributed by atoms with Gasteiger partial charge >= 0.3 is 0 Å². The minimum Gasteiger partial charge on any atom is -0.337 e. The van der Waals surface area contributed by atoms with Gasteiger partial charge in [0.05, 0.1) is 6.20 Å². The Morgan fingerprint density at radius 3 is 2.88 bits per heavy atom. The van der Waals surface area contributed by atoms with E-state index in [0.717, 1.165) is 37.4 Å². The number of aryl methyl sites for hydroxylation is 1. The smallest absolute Gasteiger partial charge is 0.274 e. The van der Waals surface area contributed by atoms with Crippen molar-refractivity contribution in [3.63, 3.8) is 0 Å². The molecule has 2 heterocycles. The molecule has 3 rings (SSSR count). The Hall–Kier alpha value is -2.37. The summed E-state index contributed by atoms with van der Waals surface area (Å²) < 4.78 is 26.2. The molecule has 0 spiro atoms. The van der Waals surface area contributed by atoms with E-state index in [1.54, 1.807) is 6.07 Å². The molecule has 2 aromatic rings. The Balaban J connectivity index is 1.57. The Bertz CT molecular complexity index is 709. The molecule has 0 radical (unpaired) electrons. The minimum absolute atomic E-state index is 0.0966. The number of rotatable bonds is 4. The number of nitrogens with zero attached hydrogens (tertiary/aromatic N) is 3. The van der Waals surface area contributed by atoms with Crippen molar-refractivity contribution in [3.05, 3.63) is 59.7 Å². The second kappa shape index (κ2) is 7.47. The number of benzene rings is 1. The van der Waals surface area contributed by atoms with E-state index >= 15 is 0 Å². The molecule has 1 atom stereocenters. The predicted molar refractivity (Wildman–Crippen MR) is 85.3 cm³/mol. The van der Waals surface area contributed by atoms with Gasteiger partial charge in [-0.15, -0.1) is 0 Å². The zero-order chi connectivity index (χ0) is 16.9. The molecule has 24 heavy (non-hydrogen) atoms. The van der Waals surface area contributed by atoms with Crippen molar-refractivity contribution < 1.29 is 13.6 Å². The van der Waals surface area contributed by atoms with Gasteiger partial charge < -0.3 is 4.90 Å². The lowest BCUT2D eigenvalue weighted by Gasteiger charge is -2.32. The molecule has 1 aromatic carbocycles. The number of likely N-dealkylation sites (tertiary alicyclic amines) is 1. The molecule has 1 aliphatic heterocycles. The standard InChI is InChI=1S/C18H19F2N3O/c19-15-6-5-13(10-16(15)20)3-4-14-2-1-9-23(12-14)18(24)17-11-21-7-8-22-17/h5-8,10-11,14H,1-4,9,12H2/t14-/m0/s1. The molecule has 1 aromatic heterocycles. The summed E-state index contributed by atoms with van der Waals surface area (Å²) >= 11 is 0. The van der Waals surface area contributed by atoms with Gasteiger partial charge in [0.25, 0.3) is 5.91 Å². The normalized spacial score (nSPS) is 17.8. The van der Waals surface area contributed by atoms with Gasteiger partial charge in [0, 0.05) is 25.5 Å². The van der Waals surface area contributed by atoms with Crippen LogP contribution in [0.15, 0.2) is 36.8 Å². The molecule has 0 N–H and O–H groups in total. The number of amides is 1. The summed E-state index contributed by atoms with van der Waals surface area (Å²) in [6, 6.07) is 4.03. The first kappa shape index (κ1) is 16.5. The van der Waals surface area contributed by atoms with Crippen LogP contribution in [0, 0.1) is 17.6 Å². The van der Waals surface area contributed by atoms with E-state index in [-0.39, 0.29) is 5.91 Å². The fraction of sp³-hybridized carbons (Fsp3) is 0.389. The highest BCUT2D eigenvalue weighted by molar-refractivity contribution is 5.92. The van der Waals surface area contributed by atoms with Crippen molar-refractivity contribution in [2.45, 2.75) is 25.7 Å². The van der Waals surface area contributed by atoms with Gasteiger partial charge in [-0.1, -0.05) is 6.07 Å². The van der Waals surface area contributed by atoms with E-state index < -0.39 is 11.6 Å². The van der Waals surface area contributed by atoms with Gasteiger partial charge in [-0.2, -0.15) is 0 Å². The molecule has 4 nitrogen and oxygen atoms in total. The zero-order valence-corrected chi connectivity index (χ0v) is 13.3. The van der Waals surface area contributed by atoms with Crippen molar-refractivity contribution in [1.29, 1.82) is 0 Å². The van der Waals surface area contributed by atoms with Crippen LogP contribution >= 0.6 is 0 Å². The number of carbonyl (C=O) groups is 1. The quantitative estimate of drug-likeness (QED) is 0.864. The van der Waals surface area contributed by atoms with Crippen LogP contribution in [-0.4, -0.2) is 33.9 Å². The number of hydrogen-bond acceptors (Lipinski definition) is 3. The summed E-state index contributed by atoms with van der Waals surface area (Å²) in [5.74, 6) is -1.37. The molecular weight excluding hydrogens is 312 g/mol. The fourth-order valence-electron chi connectivity index (χ4n) is 3.12. The molecule has 1 fully saturated rings. The van der Waals surface area contributed by atoms with Crippen LogP contribution in [0.2, 0.25) is 0 Å². The van der Waals surface area contributed by atoms with Crippen molar-refractivity contribution in [1.82, 2.24) is 14.9 Å². The maximum atomic E-state index is 13.3. The molecule has 0 aliphatic carbocycles. The Morgan fingerprint density at radius 2 is 2.12 bits per heavy atom. The van der Waals surface area contributed by atoms with E-state index in [2.05, 4.69) is 9.97 Å². The fourth-order valence-corrected chi connectivity index (χ4v) is 3.12. The topological polar surface area (TPSA) is 46.1 Å². The number of aromatic nitrogens is 2. The first-order valence-electron chi connectivity index (χ1n) is 8.12. The van der Waals surface area contributed by atoms with Gasteiger partial charge in [0.15, 0.2) is 11.6 Å². The number of piperidine rings is 1. The molecular formula is C18H19F2N3O. The van der Waals surface area contributed by atoms with Gasteiger partial charge in [0.2, 0.25) is 0 Å². The average Bonchev–Trinajstić information content (AvgIpc) is 2.63. The molecule has 0 unspecified atom stereocenters. The zero-order valence-electron chi connectivity index (χ0n) is 13.3. The van der Waals surface area contributed by atoms with E-state index in [0.29, 0.717) is 24.6 Å². The summed E-state index contributed by atoms with van der Waals surface area (Å²) in [6.45, 7) is 1.39. The van der Waals surface area contributed by atoms with Gasteiger partial charge in [-0.05, 0) is 49.3 Å². The molecule has 0 saturated carbocycles. The SMILES string of the molecule is O=C(c1cnccn1)N1CCC[C@@H](CCc2ccc(F)c(F)c2)C1. The van der Waals surface area contributed by atoms with Gasteiger partial charge in [-0.3, -0.25) is 9.78 Å². The maximum Gasteiger partial charge on any atom is 0.274 e. The van der Waals surface area contributed by atoms with Crippen LogP contribution in [0.3, 0.4) is 0 Å². The summed E-state index contributed by atoms with van der Waals surface area (Å²) in [7, 11) is 0. The van der Waals surface area contributed by atoms with Crippen LogP contribution in [0.4, 0.5) is 8.78 Å². The Morgan fingerprint density at radius 1 is 1.25 bits per heavy atom. The van der Waals surface area contributed by atoms with Crippen molar-refractivity contribution >= 4 is 5.91 Å². The lowest BCUT2D eigenvalue weighted by Crippen LogP contribution is -2.40. The molecule has 1 aliphatic rings. The van der Waals surface area contributed by atoms with E-state index in [1.807, 2.05) is 4.90 Å². The van der Waals surface area contributed by atoms with Crippen molar-refractivity contribution in [2.24, 2.45) is 5.92 Å². The third kappa shape index (κ3) is 3.93. The highest BCUT2D eigenvalue weighted by Gasteiger charge is 2.25. The van der Waals surface area contributed by atoms with Crippen LogP contribution in [0.5, 0.6) is 0 Å². The monoisotopic (exact) mass is 331 g/mol. The number of halogens is 2. The van der Waals surface area contributed by atoms with Crippen molar-refractivity contribution in [3.8, 4) is 0 Å². The Labute approximate surface area is 139 Å². The number of carbonyl (C=O) groups excluding carboxylic acids is 1. The lowest BCUT2D eigenvalue weighted by molar-refractivity contribution is 0.0662. The van der Waals surface area contributed by atoms with Crippen LogP contribution in [0.1, 0.15) is 35.3 Å². The summed E-state index contributed by atoms with van der Waals surface area (Å²) in [4.78, 5) is 22.2. The average molecular weight is 331 g/mol. The first-order valence-corrected chi connectivity index (χ1v) is 8.12. The highest BCUT2D eigenvalue weighted by atomic mass is 19.2. The van der Waals surface area contributed by atoms with Crippen molar-refractivity contribution in [2.75, 3.05) is 13.1 Å². The van der Waals surface area contributed by atoms with Crippen LogP contribution in [0.25, 0.3) is 0 Å². The predicted octanol–water partition coefficient (Wildman–Crippen LogP) is 3.24. The second-order valence-electron chi connectivity index (χ2n) is 6.14.